The summed E-state index contributed by atoms with van der Waals surface area (Å²) < 4.78 is 10.9. The summed E-state index contributed by atoms with van der Waals surface area (Å²) in [7, 11) is 1.32. The highest BCUT2D eigenvalue weighted by molar-refractivity contribution is 9.10. The van der Waals surface area contributed by atoms with Gasteiger partial charge in [-0.25, -0.2) is 4.79 Å². The molecule has 0 atom stereocenters. The van der Waals surface area contributed by atoms with Crippen molar-refractivity contribution in [3.8, 4) is 5.75 Å². The lowest BCUT2D eigenvalue weighted by Gasteiger charge is -2.12. The molecule has 0 heterocycles. The first-order valence-electron chi connectivity index (χ1n) is 6.88. The number of amides is 1. The number of para-hydroxylation sites is 1. The number of ether oxygens (including phenoxy) is 2. The van der Waals surface area contributed by atoms with Crippen LogP contribution in [0.15, 0.2) is 46.9 Å². The standard InChI is InChI=1S/C17H16BrNO4/c1-11-12(17(21)22-2)6-5-8-14(11)19-16(20)10-23-15-9-4-3-7-13(15)18/h3-9H,10H2,1-2H3,(H,19,20). The van der Waals surface area contributed by atoms with Crippen LogP contribution in [0, 0.1) is 6.92 Å². The second-order valence-corrected chi connectivity index (χ2v) is 5.59. The molecule has 0 aliphatic heterocycles. The smallest absolute Gasteiger partial charge is 0.338 e. The van der Waals surface area contributed by atoms with Gasteiger partial charge in [0.15, 0.2) is 6.61 Å². The average Bonchev–Trinajstić information content (AvgIpc) is 2.55. The van der Waals surface area contributed by atoms with Gasteiger partial charge in [0.1, 0.15) is 5.75 Å². The fourth-order valence-corrected chi connectivity index (χ4v) is 2.39. The molecule has 0 unspecified atom stereocenters. The molecule has 0 bridgehead atoms. The Hall–Kier alpha value is -2.34. The molecule has 0 saturated heterocycles. The topological polar surface area (TPSA) is 64.6 Å². The summed E-state index contributed by atoms with van der Waals surface area (Å²) in [6.07, 6.45) is 0. The number of carbonyl (C=O) groups is 2. The van der Waals surface area contributed by atoms with Gasteiger partial charge < -0.3 is 14.8 Å². The molecule has 2 aromatic rings. The summed E-state index contributed by atoms with van der Waals surface area (Å²) in [6.45, 7) is 1.61. The van der Waals surface area contributed by atoms with E-state index in [1.807, 2.05) is 18.2 Å². The quantitative estimate of drug-likeness (QED) is 0.809. The summed E-state index contributed by atoms with van der Waals surface area (Å²) in [5, 5.41) is 2.73. The molecule has 23 heavy (non-hydrogen) atoms. The Morgan fingerprint density at radius 2 is 1.87 bits per heavy atom. The van der Waals surface area contributed by atoms with E-state index in [0.29, 0.717) is 22.6 Å². The predicted molar refractivity (Wildman–Crippen MR) is 90.8 cm³/mol. The molecule has 0 spiro atoms. The normalized spacial score (nSPS) is 10.0. The van der Waals surface area contributed by atoms with Gasteiger partial charge in [0.2, 0.25) is 0 Å². The van der Waals surface area contributed by atoms with Gasteiger partial charge in [-0.1, -0.05) is 18.2 Å². The Labute approximate surface area is 142 Å². The first kappa shape index (κ1) is 17.0. The molecule has 1 amide bonds. The maximum atomic E-state index is 12.0. The molecular weight excluding hydrogens is 362 g/mol. The van der Waals surface area contributed by atoms with Crippen LogP contribution in [-0.4, -0.2) is 25.6 Å². The first-order valence-corrected chi connectivity index (χ1v) is 7.67. The van der Waals surface area contributed by atoms with Crippen LogP contribution < -0.4 is 10.1 Å². The Kier molecular flexibility index (Phi) is 5.76. The molecule has 6 heteroatoms. The molecular formula is C17H16BrNO4. The lowest BCUT2D eigenvalue weighted by molar-refractivity contribution is -0.118. The van der Waals surface area contributed by atoms with Gasteiger partial charge in [0.25, 0.3) is 5.91 Å². The van der Waals surface area contributed by atoms with E-state index in [-0.39, 0.29) is 12.5 Å². The fraction of sp³-hybridized carbons (Fsp3) is 0.176. The van der Waals surface area contributed by atoms with Crippen molar-refractivity contribution in [2.75, 3.05) is 19.0 Å². The maximum absolute atomic E-state index is 12.0. The van der Waals surface area contributed by atoms with Crippen LogP contribution in [0.4, 0.5) is 5.69 Å². The maximum Gasteiger partial charge on any atom is 0.338 e. The molecule has 2 aromatic carbocycles. The largest absolute Gasteiger partial charge is 0.483 e. The van der Waals surface area contributed by atoms with E-state index in [1.165, 1.54) is 7.11 Å². The highest BCUT2D eigenvalue weighted by Gasteiger charge is 2.13. The minimum atomic E-state index is -0.442. The molecule has 0 fully saturated rings. The van der Waals surface area contributed by atoms with Gasteiger partial charge >= 0.3 is 5.97 Å². The Morgan fingerprint density at radius 1 is 1.13 bits per heavy atom. The summed E-state index contributed by atoms with van der Waals surface area (Å²) in [6, 6.07) is 12.3. The van der Waals surface area contributed by atoms with E-state index in [2.05, 4.69) is 21.2 Å². The van der Waals surface area contributed by atoms with E-state index in [1.54, 1.807) is 31.2 Å². The minimum absolute atomic E-state index is 0.134. The monoisotopic (exact) mass is 377 g/mol. The van der Waals surface area contributed by atoms with E-state index < -0.39 is 5.97 Å². The summed E-state index contributed by atoms with van der Waals surface area (Å²) in [5.41, 5.74) is 1.61. The zero-order valence-corrected chi connectivity index (χ0v) is 14.3. The lowest BCUT2D eigenvalue weighted by Crippen LogP contribution is -2.21. The van der Waals surface area contributed by atoms with Crippen LogP contribution in [-0.2, 0) is 9.53 Å². The van der Waals surface area contributed by atoms with Gasteiger partial charge in [-0.15, -0.1) is 0 Å². The van der Waals surface area contributed by atoms with E-state index in [4.69, 9.17) is 9.47 Å². The van der Waals surface area contributed by atoms with Gasteiger partial charge in [0.05, 0.1) is 17.1 Å². The third-order valence-electron chi connectivity index (χ3n) is 3.21. The van der Waals surface area contributed by atoms with E-state index >= 15 is 0 Å². The molecule has 0 radical (unpaired) electrons. The third kappa shape index (κ3) is 4.32. The molecule has 2 rings (SSSR count). The van der Waals surface area contributed by atoms with Crippen LogP contribution in [0.25, 0.3) is 0 Å². The number of hydrogen-bond acceptors (Lipinski definition) is 4. The van der Waals surface area contributed by atoms with Crippen molar-refractivity contribution in [1.82, 2.24) is 0 Å². The summed E-state index contributed by atoms with van der Waals surface area (Å²) in [5.74, 6) is -0.170. The SMILES string of the molecule is COC(=O)c1cccc(NC(=O)COc2ccccc2Br)c1C. The number of esters is 1. The molecule has 0 aliphatic carbocycles. The van der Waals surface area contributed by atoms with Crippen molar-refractivity contribution >= 4 is 33.5 Å². The summed E-state index contributed by atoms with van der Waals surface area (Å²) in [4.78, 5) is 23.7. The second kappa shape index (κ2) is 7.78. The molecule has 120 valence electrons. The number of anilines is 1. The number of carbonyl (C=O) groups excluding carboxylic acids is 2. The number of benzene rings is 2. The Bertz CT molecular complexity index is 730. The number of hydrogen-bond donors (Lipinski definition) is 1. The third-order valence-corrected chi connectivity index (χ3v) is 3.86. The van der Waals surface area contributed by atoms with Crippen LogP contribution in [0.3, 0.4) is 0 Å². The predicted octanol–water partition coefficient (Wildman–Crippen LogP) is 3.56. The van der Waals surface area contributed by atoms with Gasteiger partial charge in [-0.3, -0.25) is 4.79 Å². The van der Waals surface area contributed by atoms with Crippen LogP contribution >= 0.6 is 15.9 Å². The van der Waals surface area contributed by atoms with Crippen LogP contribution in [0.1, 0.15) is 15.9 Å². The zero-order chi connectivity index (χ0) is 16.8. The highest BCUT2D eigenvalue weighted by atomic mass is 79.9. The summed E-state index contributed by atoms with van der Waals surface area (Å²) >= 11 is 3.35. The van der Waals surface area contributed by atoms with E-state index in [9.17, 15) is 9.59 Å². The second-order valence-electron chi connectivity index (χ2n) is 4.74. The van der Waals surface area contributed by atoms with Gasteiger partial charge in [0, 0.05) is 5.69 Å². The zero-order valence-electron chi connectivity index (χ0n) is 12.8. The average molecular weight is 378 g/mol. The van der Waals surface area contributed by atoms with Gasteiger partial charge in [-0.05, 0) is 52.7 Å². The van der Waals surface area contributed by atoms with Crippen molar-refractivity contribution < 1.29 is 19.1 Å². The minimum Gasteiger partial charge on any atom is -0.483 e. The lowest BCUT2D eigenvalue weighted by atomic mass is 10.1. The number of nitrogens with one attached hydrogen (secondary N) is 1. The van der Waals surface area contributed by atoms with Gasteiger partial charge in [-0.2, -0.15) is 0 Å². The van der Waals surface area contributed by atoms with Crippen molar-refractivity contribution in [2.24, 2.45) is 0 Å². The Morgan fingerprint density at radius 3 is 2.57 bits per heavy atom. The van der Waals surface area contributed by atoms with Crippen LogP contribution in [0.2, 0.25) is 0 Å². The molecule has 5 nitrogen and oxygen atoms in total. The number of halogens is 1. The molecule has 0 aliphatic rings. The van der Waals surface area contributed by atoms with Crippen LogP contribution in [0.5, 0.6) is 5.75 Å². The van der Waals surface area contributed by atoms with E-state index in [0.717, 1.165) is 4.47 Å². The first-order chi connectivity index (χ1) is 11.0. The van der Waals surface area contributed by atoms with Crippen molar-refractivity contribution in [3.05, 3.63) is 58.1 Å². The molecule has 1 N–H and O–H groups in total. The van der Waals surface area contributed by atoms with Crippen molar-refractivity contribution in [1.29, 1.82) is 0 Å². The Balaban J connectivity index is 2.03. The fourth-order valence-electron chi connectivity index (χ4n) is 1.99. The highest BCUT2D eigenvalue weighted by Crippen LogP contribution is 2.24. The van der Waals surface area contributed by atoms with Crippen molar-refractivity contribution in [2.45, 2.75) is 6.92 Å². The van der Waals surface area contributed by atoms with Crippen molar-refractivity contribution in [3.63, 3.8) is 0 Å². The number of methoxy groups -OCH3 is 1. The molecule has 0 aromatic heterocycles. The number of rotatable bonds is 5. The molecule has 0 saturated carbocycles.